The van der Waals surface area contributed by atoms with Crippen molar-refractivity contribution in [2.75, 3.05) is 11.5 Å². The van der Waals surface area contributed by atoms with Crippen molar-refractivity contribution >= 4 is 17.4 Å². The van der Waals surface area contributed by atoms with Crippen LogP contribution in [0.3, 0.4) is 0 Å². The average Bonchev–Trinajstić information content (AvgIpc) is 2.94. The number of anilines is 1. The summed E-state index contributed by atoms with van der Waals surface area (Å²) in [6.07, 6.45) is 0.267. The number of hydrogen-bond acceptors (Lipinski definition) is 4. The summed E-state index contributed by atoms with van der Waals surface area (Å²) in [4.78, 5) is 27.3. The van der Waals surface area contributed by atoms with Crippen LogP contribution in [-0.2, 0) is 9.59 Å². The molecule has 0 bridgehead atoms. The Balaban J connectivity index is 2.09. The molecule has 0 aliphatic carbocycles. The van der Waals surface area contributed by atoms with Gasteiger partial charge in [0, 0.05) is 12.1 Å². The van der Waals surface area contributed by atoms with Crippen LogP contribution in [0.15, 0.2) is 65.9 Å². The third kappa shape index (κ3) is 3.79. The number of rotatable bonds is 7. The van der Waals surface area contributed by atoms with E-state index < -0.39 is 17.7 Å². The second kappa shape index (κ2) is 8.30. The lowest BCUT2D eigenvalue weighted by Gasteiger charge is -2.27. The number of carbonyl (C=O) groups excluding carboxylic acids is 2. The molecule has 0 spiro atoms. The van der Waals surface area contributed by atoms with Gasteiger partial charge in [0.1, 0.15) is 5.75 Å². The molecule has 0 radical (unpaired) electrons. The zero-order chi connectivity index (χ0) is 20.3. The van der Waals surface area contributed by atoms with Gasteiger partial charge in [0.25, 0.3) is 5.91 Å². The van der Waals surface area contributed by atoms with Crippen molar-refractivity contribution in [2.45, 2.75) is 33.2 Å². The number of hydrogen-bond donors (Lipinski definition) is 1. The molecule has 3 rings (SSSR count). The molecule has 5 nitrogen and oxygen atoms in total. The molecule has 1 amide bonds. The molecule has 0 fully saturated rings. The van der Waals surface area contributed by atoms with Crippen molar-refractivity contribution in [2.24, 2.45) is 5.92 Å². The highest BCUT2D eigenvalue weighted by Crippen LogP contribution is 2.41. The van der Waals surface area contributed by atoms with Gasteiger partial charge in [-0.3, -0.25) is 14.5 Å². The lowest BCUT2D eigenvalue weighted by atomic mass is 9.92. The van der Waals surface area contributed by atoms with E-state index in [-0.39, 0.29) is 23.7 Å². The summed E-state index contributed by atoms with van der Waals surface area (Å²) >= 11 is 0. The standard InChI is InChI=1S/C23H25NO4/c1-4-28-18-12-10-16(11-13-18)21-20(19(25)14-15(2)3)22(26)23(27)24(21)17-8-6-5-7-9-17/h5-13,15,21,26H,4,14H2,1-3H3. The fourth-order valence-electron chi connectivity index (χ4n) is 3.45. The van der Waals surface area contributed by atoms with Gasteiger partial charge in [-0.05, 0) is 42.7 Å². The van der Waals surface area contributed by atoms with Crippen molar-refractivity contribution in [1.82, 2.24) is 0 Å². The van der Waals surface area contributed by atoms with E-state index in [4.69, 9.17) is 4.74 Å². The first-order valence-corrected chi connectivity index (χ1v) is 9.51. The molecule has 2 aromatic carbocycles. The Bertz CT molecular complexity index is 885. The van der Waals surface area contributed by atoms with Crippen LogP contribution < -0.4 is 9.64 Å². The van der Waals surface area contributed by atoms with Crippen LogP contribution in [-0.4, -0.2) is 23.4 Å². The van der Waals surface area contributed by atoms with E-state index in [1.165, 1.54) is 4.90 Å². The number of amides is 1. The SMILES string of the molecule is CCOc1ccc(C2C(C(=O)CC(C)C)=C(O)C(=O)N2c2ccccc2)cc1. The maximum Gasteiger partial charge on any atom is 0.294 e. The molecular formula is C23H25NO4. The Hall–Kier alpha value is -3.08. The molecule has 2 aromatic rings. The van der Waals surface area contributed by atoms with Crippen molar-refractivity contribution in [1.29, 1.82) is 0 Å². The molecule has 1 aliphatic heterocycles. The van der Waals surface area contributed by atoms with Gasteiger partial charge in [-0.2, -0.15) is 0 Å². The van der Waals surface area contributed by atoms with Gasteiger partial charge in [0.05, 0.1) is 18.2 Å². The fraction of sp³-hybridized carbons (Fsp3) is 0.304. The number of benzene rings is 2. The second-order valence-electron chi connectivity index (χ2n) is 7.20. The normalized spacial score (nSPS) is 16.8. The van der Waals surface area contributed by atoms with Crippen molar-refractivity contribution in [3.05, 3.63) is 71.5 Å². The summed E-state index contributed by atoms with van der Waals surface area (Å²) in [5.74, 6) is -0.400. The highest BCUT2D eigenvalue weighted by molar-refractivity contribution is 6.16. The number of carbonyl (C=O) groups is 2. The van der Waals surface area contributed by atoms with E-state index in [2.05, 4.69) is 0 Å². The second-order valence-corrected chi connectivity index (χ2v) is 7.20. The molecule has 0 saturated heterocycles. The number of ether oxygens (including phenoxy) is 1. The number of para-hydroxylation sites is 1. The summed E-state index contributed by atoms with van der Waals surface area (Å²) in [5, 5.41) is 10.6. The number of Topliss-reactive ketones (excluding diaryl/α,β-unsaturated/α-hetero) is 1. The maximum absolute atomic E-state index is 12.9. The van der Waals surface area contributed by atoms with Crippen molar-refractivity contribution in [3.8, 4) is 5.75 Å². The topological polar surface area (TPSA) is 66.8 Å². The molecule has 0 aromatic heterocycles. The fourth-order valence-corrected chi connectivity index (χ4v) is 3.45. The summed E-state index contributed by atoms with van der Waals surface area (Å²) in [6, 6.07) is 15.7. The van der Waals surface area contributed by atoms with Gasteiger partial charge in [-0.25, -0.2) is 0 Å². The summed E-state index contributed by atoms with van der Waals surface area (Å²) < 4.78 is 5.50. The number of aliphatic hydroxyl groups is 1. The van der Waals surface area contributed by atoms with E-state index >= 15 is 0 Å². The first kappa shape index (κ1) is 19.7. The van der Waals surface area contributed by atoms with Crippen molar-refractivity contribution < 1.29 is 19.4 Å². The van der Waals surface area contributed by atoms with Gasteiger partial charge in [-0.15, -0.1) is 0 Å². The molecule has 1 heterocycles. The average molecular weight is 379 g/mol. The monoisotopic (exact) mass is 379 g/mol. The van der Waals surface area contributed by atoms with Gasteiger partial charge in [0.15, 0.2) is 11.5 Å². The Kier molecular flexibility index (Phi) is 5.83. The highest BCUT2D eigenvalue weighted by Gasteiger charge is 2.44. The van der Waals surface area contributed by atoms with E-state index in [0.717, 1.165) is 5.56 Å². The molecule has 1 aliphatic rings. The maximum atomic E-state index is 12.9. The Morgan fingerprint density at radius 1 is 1.11 bits per heavy atom. The number of nitrogens with zero attached hydrogens (tertiary/aromatic N) is 1. The molecule has 0 saturated carbocycles. The largest absolute Gasteiger partial charge is 0.503 e. The number of aliphatic hydroxyl groups excluding tert-OH is 1. The third-order valence-electron chi connectivity index (χ3n) is 4.64. The first-order valence-electron chi connectivity index (χ1n) is 9.51. The molecular weight excluding hydrogens is 354 g/mol. The minimum absolute atomic E-state index is 0.120. The van der Waals surface area contributed by atoms with Gasteiger partial charge < -0.3 is 9.84 Å². The van der Waals surface area contributed by atoms with E-state index in [1.807, 2.05) is 63.2 Å². The molecule has 1 atom stereocenters. The predicted octanol–water partition coefficient (Wildman–Crippen LogP) is 4.60. The highest BCUT2D eigenvalue weighted by atomic mass is 16.5. The molecule has 28 heavy (non-hydrogen) atoms. The van der Waals surface area contributed by atoms with Crippen LogP contribution in [0.5, 0.6) is 5.75 Å². The quantitative estimate of drug-likeness (QED) is 0.763. The van der Waals surface area contributed by atoms with Crippen LogP contribution in [0.25, 0.3) is 0 Å². The molecule has 1 N–H and O–H groups in total. The molecule has 1 unspecified atom stereocenters. The van der Waals surface area contributed by atoms with Crippen LogP contribution in [0.4, 0.5) is 5.69 Å². The smallest absolute Gasteiger partial charge is 0.294 e. The lowest BCUT2D eigenvalue weighted by molar-refractivity contribution is -0.118. The Morgan fingerprint density at radius 3 is 2.32 bits per heavy atom. The van der Waals surface area contributed by atoms with Gasteiger partial charge >= 0.3 is 0 Å². The van der Waals surface area contributed by atoms with Crippen LogP contribution >= 0.6 is 0 Å². The van der Waals surface area contributed by atoms with E-state index in [1.54, 1.807) is 12.1 Å². The molecule has 146 valence electrons. The Labute approximate surface area is 165 Å². The zero-order valence-electron chi connectivity index (χ0n) is 16.4. The number of ketones is 1. The molecule has 5 heteroatoms. The summed E-state index contributed by atoms with van der Waals surface area (Å²) in [5.41, 5.74) is 1.54. The predicted molar refractivity (Wildman–Crippen MR) is 108 cm³/mol. The van der Waals surface area contributed by atoms with Crippen LogP contribution in [0, 0.1) is 5.92 Å². The van der Waals surface area contributed by atoms with E-state index in [0.29, 0.717) is 18.0 Å². The first-order chi connectivity index (χ1) is 13.4. The zero-order valence-corrected chi connectivity index (χ0v) is 16.4. The Morgan fingerprint density at radius 2 is 1.75 bits per heavy atom. The third-order valence-corrected chi connectivity index (χ3v) is 4.64. The minimum atomic E-state index is -0.670. The van der Waals surface area contributed by atoms with Gasteiger partial charge in [-0.1, -0.05) is 44.2 Å². The summed E-state index contributed by atoms with van der Waals surface area (Å²) in [6.45, 7) is 6.33. The van der Waals surface area contributed by atoms with Crippen LogP contribution in [0.2, 0.25) is 0 Å². The van der Waals surface area contributed by atoms with E-state index in [9.17, 15) is 14.7 Å². The van der Waals surface area contributed by atoms with Crippen molar-refractivity contribution in [3.63, 3.8) is 0 Å². The summed E-state index contributed by atoms with van der Waals surface area (Å²) in [7, 11) is 0. The van der Waals surface area contributed by atoms with Crippen LogP contribution in [0.1, 0.15) is 38.8 Å². The minimum Gasteiger partial charge on any atom is -0.503 e. The lowest BCUT2D eigenvalue weighted by Crippen LogP contribution is -2.31. The van der Waals surface area contributed by atoms with Gasteiger partial charge in [0.2, 0.25) is 0 Å².